The zero-order valence-corrected chi connectivity index (χ0v) is 20.8. The van der Waals surface area contributed by atoms with E-state index in [1.54, 1.807) is 0 Å². The fourth-order valence-electron chi connectivity index (χ4n) is 3.39. The number of aromatic nitrogens is 3. The van der Waals surface area contributed by atoms with Gasteiger partial charge in [-0.1, -0.05) is 53.7 Å². The molecule has 2 unspecified atom stereocenters. The maximum atomic E-state index is 13.5. The Morgan fingerprint density at radius 2 is 1.66 bits per heavy atom. The van der Waals surface area contributed by atoms with E-state index in [-0.39, 0.29) is 11.9 Å². The number of hydrogen-bond acceptors (Lipinski definition) is 5. The zero-order chi connectivity index (χ0) is 23.3. The van der Waals surface area contributed by atoms with E-state index in [2.05, 4.69) is 22.0 Å². The van der Waals surface area contributed by atoms with Crippen LogP contribution in [-0.4, -0.2) is 57.7 Å². The number of carbonyl (C=O) groups is 1. The SMILES string of the molecule is CCN(CC)C(=O)C(Sc1nnc(C(C)N(C)C)n1-c1ccc(Cl)cc1)c1ccccc1. The lowest BCUT2D eigenvalue weighted by atomic mass is 10.1. The van der Waals surface area contributed by atoms with Crippen LogP contribution in [-0.2, 0) is 4.79 Å². The molecule has 6 nitrogen and oxygen atoms in total. The van der Waals surface area contributed by atoms with Crippen LogP contribution in [0.3, 0.4) is 0 Å². The molecule has 0 aliphatic rings. The van der Waals surface area contributed by atoms with Crippen LogP contribution >= 0.6 is 23.4 Å². The average molecular weight is 472 g/mol. The molecule has 0 radical (unpaired) electrons. The fraction of sp³-hybridized carbons (Fsp3) is 0.375. The summed E-state index contributed by atoms with van der Waals surface area (Å²) in [6, 6.07) is 17.5. The first-order chi connectivity index (χ1) is 15.4. The molecule has 8 heteroatoms. The summed E-state index contributed by atoms with van der Waals surface area (Å²) in [4.78, 5) is 17.4. The van der Waals surface area contributed by atoms with Crippen molar-refractivity contribution in [2.24, 2.45) is 0 Å². The number of nitrogens with zero attached hydrogens (tertiary/aromatic N) is 5. The molecule has 1 amide bonds. The number of amides is 1. The summed E-state index contributed by atoms with van der Waals surface area (Å²) in [6.07, 6.45) is 0. The van der Waals surface area contributed by atoms with Crippen LogP contribution in [0.15, 0.2) is 59.8 Å². The van der Waals surface area contributed by atoms with E-state index >= 15 is 0 Å². The first-order valence-electron chi connectivity index (χ1n) is 10.7. The smallest absolute Gasteiger partial charge is 0.240 e. The Bertz CT molecular complexity index is 1020. The molecule has 0 spiro atoms. The van der Waals surface area contributed by atoms with Gasteiger partial charge in [-0.15, -0.1) is 10.2 Å². The average Bonchev–Trinajstić information content (AvgIpc) is 3.22. The minimum atomic E-state index is -0.422. The minimum absolute atomic E-state index is 0.0289. The van der Waals surface area contributed by atoms with E-state index in [1.165, 1.54) is 11.8 Å². The fourth-order valence-corrected chi connectivity index (χ4v) is 4.66. The number of rotatable bonds is 9. The largest absolute Gasteiger partial charge is 0.342 e. The summed E-state index contributed by atoms with van der Waals surface area (Å²) in [5.41, 5.74) is 1.86. The van der Waals surface area contributed by atoms with E-state index in [4.69, 9.17) is 11.6 Å². The maximum absolute atomic E-state index is 13.5. The third-order valence-corrected chi connectivity index (χ3v) is 6.95. The second-order valence-electron chi connectivity index (χ2n) is 7.71. The van der Waals surface area contributed by atoms with E-state index in [0.29, 0.717) is 23.3 Å². The number of carbonyl (C=O) groups excluding carboxylic acids is 1. The number of benzene rings is 2. The molecule has 1 heterocycles. The van der Waals surface area contributed by atoms with Gasteiger partial charge in [0.1, 0.15) is 5.25 Å². The summed E-state index contributed by atoms with van der Waals surface area (Å²) >= 11 is 7.57. The van der Waals surface area contributed by atoms with Crippen molar-refractivity contribution in [1.82, 2.24) is 24.6 Å². The Morgan fingerprint density at radius 3 is 2.22 bits per heavy atom. The van der Waals surface area contributed by atoms with Gasteiger partial charge in [-0.05, 0) is 64.7 Å². The quantitative estimate of drug-likeness (QED) is 0.399. The molecule has 3 aromatic rings. The summed E-state index contributed by atoms with van der Waals surface area (Å²) in [5, 5.41) is 9.96. The van der Waals surface area contributed by atoms with E-state index < -0.39 is 5.25 Å². The Labute approximate surface area is 199 Å². The van der Waals surface area contributed by atoms with Crippen molar-refractivity contribution in [2.75, 3.05) is 27.2 Å². The topological polar surface area (TPSA) is 54.3 Å². The lowest BCUT2D eigenvalue weighted by Gasteiger charge is -2.25. The number of hydrogen-bond donors (Lipinski definition) is 0. The van der Waals surface area contributed by atoms with Crippen molar-refractivity contribution in [3.05, 3.63) is 71.0 Å². The van der Waals surface area contributed by atoms with Crippen LogP contribution in [0, 0.1) is 0 Å². The molecule has 2 aromatic carbocycles. The van der Waals surface area contributed by atoms with Crippen LogP contribution in [0.25, 0.3) is 5.69 Å². The Balaban J connectivity index is 2.10. The van der Waals surface area contributed by atoms with Gasteiger partial charge < -0.3 is 4.90 Å². The number of likely N-dealkylation sites (N-methyl/N-ethyl adjacent to an activating group) is 1. The van der Waals surface area contributed by atoms with Crippen LogP contribution < -0.4 is 0 Å². The molecule has 0 aliphatic heterocycles. The molecule has 32 heavy (non-hydrogen) atoms. The van der Waals surface area contributed by atoms with Crippen molar-refractivity contribution in [3.63, 3.8) is 0 Å². The van der Waals surface area contributed by atoms with Gasteiger partial charge in [-0.3, -0.25) is 14.3 Å². The van der Waals surface area contributed by atoms with Crippen LogP contribution in [0.4, 0.5) is 0 Å². The molecule has 2 atom stereocenters. The summed E-state index contributed by atoms with van der Waals surface area (Å²) in [7, 11) is 4.02. The zero-order valence-electron chi connectivity index (χ0n) is 19.2. The van der Waals surface area contributed by atoms with Crippen LogP contribution in [0.5, 0.6) is 0 Å². The third kappa shape index (κ3) is 5.34. The highest BCUT2D eigenvalue weighted by Gasteiger charge is 2.30. The Hall–Kier alpha value is -2.35. The lowest BCUT2D eigenvalue weighted by Crippen LogP contribution is -2.34. The molecule has 170 valence electrons. The third-order valence-electron chi connectivity index (χ3n) is 5.52. The maximum Gasteiger partial charge on any atom is 0.240 e. The van der Waals surface area contributed by atoms with Crippen molar-refractivity contribution in [1.29, 1.82) is 0 Å². The minimum Gasteiger partial charge on any atom is -0.342 e. The molecular weight excluding hydrogens is 442 g/mol. The van der Waals surface area contributed by atoms with Gasteiger partial charge in [0.2, 0.25) is 5.91 Å². The van der Waals surface area contributed by atoms with Gasteiger partial charge in [0.05, 0.1) is 6.04 Å². The summed E-state index contributed by atoms with van der Waals surface area (Å²) in [6.45, 7) is 7.40. The predicted octanol–water partition coefficient (Wildman–Crippen LogP) is 5.25. The second-order valence-corrected chi connectivity index (χ2v) is 9.22. The summed E-state index contributed by atoms with van der Waals surface area (Å²) in [5.74, 6) is 0.876. The molecule has 0 saturated carbocycles. The van der Waals surface area contributed by atoms with E-state index in [9.17, 15) is 4.79 Å². The number of thioether (sulfide) groups is 1. The van der Waals surface area contributed by atoms with Crippen molar-refractivity contribution in [2.45, 2.75) is 37.2 Å². The second kappa shape index (κ2) is 11.0. The molecule has 1 aromatic heterocycles. The van der Waals surface area contributed by atoms with Gasteiger partial charge in [0.25, 0.3) is 0 Å². The highest BCUT2D eigenvalue weighted by atomic mass is 35.5. The molecular formula is C24H30ClN5OS. The number of halogens is 1. The van der Waals surface area contributed by atoms with E-state index in [0.717, 1.165) is 17.1 Å². The highest BCUT2D eigenvalue weighted by molar-refractivity contribution is 8.00. The summed E-state index contributed by atoms with van der Waals surface area (Å²) < 4.78 is 2.02. The molecule has 0 saturated heterocycles. The molecule has 3 rings (SSSR count). The van der Waals surface area contributed by atoms with Gasteiger partial charge in [-0.2, -0.15) is 0 Å². The Morgan fingerprint density at radius 1 is 1.03 bits per heavy atom. The Kier molecular flexibility index (Phi) is 8.34. The first-order valence-corrected chi connectivity index (χ1v) is 12.0. The lowest BCUT2D eigenvalue weighted by molar-refractivity contribution is -0.130. The van der Waals surface area contributed by atoms with Crippen molar-refractivity contribution in [3.8, 4) is 5.69 Å². The van der Waals surface area contributed by atoms with Crippen molar-refractivity contribution < 1.29 is 4.79 Å². The standard InChI is InChI=1S/C24H30ClN5OS/c1-6-29(7-2)23(31)21(18-11-9-8-10-12-18)32-24-27-26-22(17(3)28(4)5)30(24)20-15-13-19(25)14-16-20/h8-17,21H,6-7H2,1-5H3. The molecule has 0 bridgehead atoms. The highest BCUT2D eigenvalue weighted by Crippen LogP contribution is 2.38. The van der Waals surface area contributed by atoms with Gasteiger partial charge in [-0.25, -0.2) is 0 Å². The monoisotopic (exact) mass is 471 g/mol. The predicted molar refractivity (Wildman–Crippen MR) is 131 cm³/mol. The molecule has 0 aliphatic carbocycles. The molecule has 0 fully saturated rings. The normalized spacial score (nSPS) is 13.2. The van der Waals surface area contributed by atoms with E-state index in [1.807, 2.05) is 92.0 Å². The van der Waals surface area contributed by atoms with Gasteiger partial charge in [0.15, 0.2) is 11.0 Å². The molecule has 0 N–H and O–H groups in total. The first kappa shape index (κ1) is 24.3. The van der Waals surface area contributed by atoms with Crippen molar-refractivity contribution >= 4 is 29.3 Å². The van der Waals surface area contributed by atoms with Gasteiger partial charge >= 0.3 is 0 Å². The van der Waals surface area contributed by atoms with Crippen LogP contribution in [0.1, 0.15) is 43.5 Å². The van der Waals surface area contributed by atoms with Crippen LogP contribution in [0.2, 0.25) is 5.02 Å². The van der Waals surface area contributed by atoms with Gasteiger partial charge in [0, 0.05) is 23.8 Å².